The number of carbonyl (C=O) groups excluding carboxylic acids is 1. The summed E-state index contributed by atoms with van der Waals surface area (Å²) in [7, 11) is 0. The maximum Gasteiger partial charge on any atom is 0.223 e. The second kappa shape index (κ2) is 10.2. The normalized spacial score (nSPS) is 25.1. The molecule has 4 nitrogen and oxygen atoms in total. The van der Waals surface area contributed by atoms with Gasteiger partial charge in [0, 0.05) is 45.2 Å². The van der Waals surface area contributed by atoms with Gasteiger partial charge in [0.2, 0.25) is 5.91 Å². The Kier molecular flexibility index (Phi) is 6.89. The van der Waals surface area contributed by atoms with Gasteiger partial charge in [-0.2, -0.15) is 0 Å². The van der Waals surface area contributed by atoms with Crippen LogP contribution in [0.5, 0.6) is 0 Å². The smallest absolute Gasteiger partial charge is 0.223 e. The highest BCUT2D eigenvalue weighted by molar-refractivity contribution is 5.79. The van der Waals surface area contributed by atoms with E-state index in [-0.39, 0.29) is 17.9 Å². The van der Waals surface area contributed by atoms with Crippen molar-refractivity contribution in [1.29, 1.82) is 0 Å². The molecular weight excluding hydrogens is 394 g/mol. The maximum absolute atomic E-state index is 12.8. The van der Waals surface area contributed by atoms with E-state index in [0.717, 1.165) is 44.2 Å². The van der Waals surface area contributed by atoms with Crippen molar-refractivity contribution < 1.29 is 4.79 Å². The molecule has 0 bridgehead atoms. The molecule has 2 aliphatic heterocycles. The van der Waals surface area contributed by atoms with Crippen molar-refractivity contribution in [3.05, 3.63) is 71.8 Å². The highest BCUT2D eigenvalue weighted by atomic mass is 16.1. The Labute approximate surface area is 193 Å². The van der Waals surface area contributed by atoms with Crippen LogP contribution in [-0.2, 0) is 11.3 Å². The molecule has 0 spiro atoms. The topological polar surface area (TPSA) is 35.6 Å². The number of carbonyl (C=O) groups is 1. The van der Waals surface area contributed by atoms with E-state index in [9.17, 15) is 4.79 Å². The molecule has 0 radical (unpaired) electrons. The van der Waals surface area contributed by atoms with Crippen LogP contribution >= 0.6 is 0 Å². The number of likely N-dealkylation sites (tertiary alicyclic amines) is 2. The fourth-order valence-corrected chi connectivity index (χ4v) is 6.14. The van der Waals surface area contributed by atoms with E-state index in [1.165, 1.54) is 50.1 Å². The average molecular weight is 432 g/mol. The number of amides is 1. The summed E-state index contributed by atoms with van der Waals surface area (Å²) in [5, 5.41) is 3.41. The summed E-state index contributed by atoms with van der Waals surface area (Å²) < 4.78 is 0. The molecule has 0 aromatic heterocycles. The number of nitrogens with one attached hydrogen (secondary N) is 1. The second-order valence-electron chi connectivity index (χ2n) is 10.2. The van der Waals surface area contributed by atoms with Crippen LogP contribution < -0.4 is 5.32 Å². The number of benzene rings is 2. The standard InChI is InChI=1S/C28H37N3O/c32-28(24-13-7-8-14-24)29-27(23-11-5-2-6-12-23)15-16-30-18-25-20-31(21-26(25)19-30)17-22-9-3-1-4-10-22/h1-6,9-12,24-27H,7-8,13-21H2,(H,29,32)/t25?,26?,27-/m0/s1. The average Bonchev–Trinajstić information content (AvgIpc) is 3.55. The summed E-state index contributed by atoms with van der Waals surface area (Å²) in [6.45, 7) is 6.99. The van der Waals surface area contributed by atoms with Crippen molar-refractivity contribution in [2.24, 2.45) is 17.8 Å². The zero-order chi connectivity index (χ0) is 21.8. The largest absolute Gasteiger partial charge is 0.349 e. The number of rotatable bonds is 8. The number of hydrogen-bond acceptors (Lipinski definition) is 3. The lowest BCUT2D eigenvalue weighted by atomic mass is 10.0. The summed E-state index contributed by atoms with van der Waals surface area (Å²) in [6, 6.07) is 21.6. The van der Waals surface area contributed by atoms with Gasteiger partial charge >= 0.3 is 0 Å². The third kappa shape index (κ3) is 5.24. The molecule has 5 rings (SSSR count). The molecule has 2 aromatic rings. The van der Waals surface area contributed by atoms with E-state index in [4.69, 9.17) is 0 Å². The summed E-state index contributed by atoms with van der Waals surface area (Å²) in [5.74, 6) is 2.08. The van der Waals surface area contributed by atoms with Gasteiger partial charge in [-0.3, -0.25) is 9.69 Å². The van der Waals surface area contributed by atoms with E-state index < -0.39 is 0 Å². The van der Waals surface area contributed by atoms with E-state index >= 15 is 0 Å². The number of fused-ring (bicyclic) bond motifs is 1. The lowest BCUT2D eigenvalue weighted by Gasteiger charge is -2.25. The first kappa shape index (κ1) is 21.7. The van der Waals surface area contributed by atoms with Crippen LogP contribution in [0.4, 0.5) is 0 Å². The molecule has 3 atom stereocenters. The predicted octanol–water partition coefficient (Wildman–Crippen LogP) is 4.49. The fraction of sp³-hybridized carbons (Fsp3) is 0.536. The first-order valence-electron chi connectivity index (χ1n) is 12.6. The van der Waals surface area contributed by atoms with Gasteiger partial charge in [0.05, 0.1) is 6.04 Å². The summed E-state index contributed by atoms with van der Waals surface area (Å²) in [6.07, 6.45) is 5.51. The first-order valence-corrected chi connectivity index (χ1v) is 12.6. The Hall–Kier alpha value is -2.17. The first-order chi connectivity index (χ1) is 15.7. The fourth-order valence-electron chi connectivity index (χ4n) is 6.14. The van der Waals surface area contributed by atoms with Gasteiger partial charge in [0.25, 0.3) is 0 Å². The Balaban J connectivity index is 1.13. The van der Waals surface area contributed by atoms with Crippen molar-refractivity contribution in [3.63, 3.8) is 0 Å². The number of hydrogen-bond donors (Lipinski definition) is 1. The van der Waals surface area contributed by atoms with Gasteiger partial charge in [-0.05, 0) is 42.2 Å². The zero-order valence-electron chi connectivity index (χ0n) is 19.2. The highest BCUT2D eigenvalue weighted by Gasteiger charge is 2.39. The molecule has 4 heteroatoms. The summed E-state index contributed by atoms with van der Waals surface area (Å²) >= 11 is 0. The molecular formula is C28H37N3O. The molecule has 170 valence electrons. The molecule has 3 fully saturated rings. The van der Waals surface area contributed by atoms with Crippen LogP contribution in [0.3, 0.4) is 0 Å². The van der Waals surface area contributed by atoms with Crippen LogP contribution in [0.15, 0.2) is 60.7 Å². The maximum atomic E-state index is 12.8. The summed E-state index contributed by atoms with van der Waals surface area (Å²) in [4.78, 5) is 18.1. The lowest BCUT2D eigenvalue weighted by molar-refractivity contribution is -0.125. The Bertz CT molecular complexity index is 851. The van der Waals surface area contributed by atoms with Crippen molar-refractivity contribution >= 4 is 5.91 Å². The minimum atomic E-state index is 0.124. The molecule has 2 saturated heterocycles. The van der Waals surface area contributed by atoms with Crippen molar-refractivity contribution in [2.45, 2.75) is 44.7 Å². The van der Waals surface area contributed by atoms with E-state index in [1.807, 2.05) is 0 Å². The Morgan fingerprint density at radius 3 is 2.09 bits per heavy atom. The van der Waals surface area contributed by atoms with Gasteiger partial charge in [0.15, 0.2) is 0 Å². The predicted molar refractivity (Wildman–Crippen MR) is 129 cm³/mol. The molecule has 1 N–H and O–H groups in total. The molecule has 2 unspecified atom stereocenters. The van der Waals surface area contributed by atoms with Gasteiger partial charge in [-0.1, -0.05) is 73.5 Å². The molecule has 3 aliphatic rings. The Morgan fingerprint density at radius 1 is 0.844 bits per heavy atom. The summed E-state index contributed by atoms with van der Waals surface area (Å²) in [5.41, 5.74) is 2.67. The molecule has 2 aromatic carbocycles. The Morgan fingerprint density at radius 2 is 1.44 bits per heavy atom. The van der Waals surface area contributed by atoms with Crippen LogP contribution in [0, 0.1) is 17.8 Å². The van der Waals surface area contributed by atoms with Crippen molar-refractivity contribution in [3.8, 4) is 0 Å². The van der Waals surface area contributed by atoms with Crippen LogP contribution in [0.2, 0.25) is 0 Å². The van der Waals surface area contributed by atoms with E-state index in [2.05, 4.69) is 75.8 Å². The highest BCUT2D eigenvalue weighted by Crippen LogP contribution is 2.33. The SMILES string of the molecule is O=C(N[C@@H](CCN1CC2CN(Cc3ccccc3)CC2C1)c1ccccc1)C1CCCC1. The second-order valence-corrected chi connectivity index (χ2v) is 10.2. The van der Waals surface area contributed by atoms with Crippen LogP contribution in [0.1, 0.15) is 49.3 Å². The van der Waals surface area contributed by atoms with E-state index in [1.54, 1.807) is 0 Å². The van der Waals surface area contributed by atoms with Gasteiger partial charge < -0.3 is 10.2 Å². The third-order valence-corrected chi connectivity index (χ3v) is 7.86. The lowest BCUT2D eigenvalue weighted by Crippen LogP contribution is -2.36. The van der Waals surface area contributed by atoms with Gasteiger partial charge in [-0.15, -0.1) is 0 Å². The van der Waals surface area contributed by atoms with Crippen molar-refractivity contribution in [2.75, 3.05) is 32.7 Å². The quantitative estimate of drug-likeness (QED) is 0.669. The molecule has 2 heterocycles. The molecule has 1 aliphatic carbocycles. The minimum Gasteiger partial charge on any atom is -0.349 e. The molecule has 1 saturated carbocycles. The van der Waals surface area contributed by atoms with E-state index in [0.29, 0.717) is 0 Å². The minimum absolute atomic E-state index is 0.124. The third-order valence-electron chi connectivity index (χ3n) is 7.86. The zero-order valence-corrected chi connectivity index (χ0v) is 19.2. The van der Waals surface area contributed by atoms with Gasteiger partial charge in [-0.25, -0.2) is 0 Å². The van der Waals surface area contributed by atoms with Crippen LogP contribution in [-0.4, -0.2) is 48.4 Å². The molecule has 32 heavy (non-hydrogen) atoms. The monoisotopic (exact) mass is 431 g/mol. The van der Waals surface area contributed by atoms with Crippen molar-refractivity contribution in [1.82, 2.24) is 15.1 Å². The number of nitrogens with zero attached hydrogens (tertiary/aromatic N) is 2. The van der Waals surface area contributed by atoms with Crippen LogP contribution in [0.25, 0.3) is 0 Å². The molecule has 1 amide bonds. The van der Waals surface area contributed by atoms with Gasteiger partial charge in [0.1, 0.15) is 0 Å².